The Morgan fingerprint density at radius 1 is 1.32 bits per heavy atom. The molecule has 0 saturated carbocycles. The number of para-hydroxylation sites is 1. The van der Waals surface area contributed by atoms with Crippen LogP contribution < -0.4 is 4.74 Å². The van der Waals surface area contributed by atoms with Crippen molar-refractivity contribution in [2.75, 3.05) is 0 Å². The molecule has 1 aromatic heterocycles. The molecule has 1 aliphatic rings. The summed E-state index contributed by atoms with van der Waals surface area (Å²) < 4.78 is 7.58. The molecule has 0 N–H and O–H groups in total. The van der Waals surface area contributed by atoms with Gasteiger partial charge in [0.1, 0.15) is 17.0 Å². The standard InChI is InChI=1S/C14H14N2O3/c1-14(2)10-8-12(16(17)18)15(3)13(10)9-6-4-5-7-11(9)19-14/h4-8H,1-3H3. The summed E-state index contributed by atoms with van der Waals surface area (Å²) in [4.78, 5) is 10.7. The summed E-state index contributed by atoms with van der Waals surface area (Å²) in [6, 6.07) is 9.22. The molecule has 0 fully saturated rings. The summed E-state index contributed by atoms with van der Waals surface area (Å²) in [5.74, 6) is 0.842. The quantitative estimate of drug-likeness (QED) is 0.583. The van der Waals surface area contributed by atoms with Crippen LogP contribution in [0.15, 0.2) is 30.3 Å². The van der Waals surface area contributed by atoms with Crippen LogP contribution in [0.25, 0.3) is 11.3 Å². The molecule has 0 radical (unpaired) electrons. The van der Waals surface area contributed by atoms with Crippen LogP contribution in [0.2, 0.25) is 0 Å². The highest BCUT2D eigenvalue weighted by molar-refractivity contribution is 5.76. The van der Waals surface area contributed by atoms with Gasteiger partial charge in [-0.15, -0.1) is 0 Å². The summed E-state index contributed by atoms with van der Waals surface area (Å²) in [7, 11) is 1.72. The van der Waals surface area contributed by atoms with Crippen molar-refractivity contribution in [2.45, 2.75) is 19.4 Å². The normalized spacial score (nSPS) is 15.3. The first kappa shape index (κ1) is 11.8. The van der Waals surface area contributed by atoms with Gasteiger partial charge in [0.05, 0.1) is 18.2 Å². The number of ether oxygens (including phenoxy) is 1. The zero-order chi connectivity index (χ0) is 13.8. The minimum atomic E-state index is -0.574. The van der Waals surface area contributed by atoms with E-state index in [1.807, 2.05) is 38.1 Å². The van der Waals surface area contributed by atoms with Gasteiger partial charge in [-0.2, -0.15) is 0 Å². The fourth-order valence-electron chi connectivity index (χ4n) is 2.63. The Balaban J connectivity index is 2.37. The van der Waals surface area contributed by atoms with Crippen LogP contribution in [0.4, 0.5) is 5.82 Å². The number of hydrogen-bond donors (Lipinski definition) is 0. The molecule has 0 bridgehead atoms. The SMILES string of the molecule is Cn1c([N+](=O)[O-])cc2c1-c1ccccc1OC2(C)C. The number of nitro groups is 1. The Hall–Kier alpha value is -2.30. The third-order valence-corrected chi connectivity index (χ3v) is 3.55. The Kier molecular flexibility index (Phi) is 2.23. The van der Waals surface area contributed by atoms with Crippen LogP contribution in [0.1, 0.15) is 19.4 Å². The molecule has 0 saturated heterocycles. The van der Waals surface area contributed by atoms with Crippen LogP contribution in [0, 0.1) is 10.1 Å². The van der Waals surface area contributed by atoms with Gasteiger partial charge < -0.3 is 14.9 Å². The van der Waals surface area contributed by atoms with Crippen LogP contribution in [-0.4, -0.2) is 9.49 Å². The molecule has 0 amide bonds. The van der Waals surface area contributed by atoms with Gasteiger partial charge in [0.2, 0.25) is 0 Å². The van der Waals surface area contributed by atoms with Crippen LogP contribution in [0.3, 0.4) is 0 Å². The second-order valence-corrected chi connectivity index (χ2v) is 5.19. The maximum absolute atomic E-state index is 11.1. The average Bonchev–Trinajstić information content (AvgIpc) is 2.68. The van der Waals surface area contributed by atoms with Crippen molar-refractivity contribution in [2.24, 2.45) is 7.05 Å². The van der Waals surface area contributed by atoms with E-state index in [0.717, 1.165) is 22.6 Å². The Morgan fingerprint density at radius 2 is 2.00 bits per heavy atom. The molecule has 2 aromatic rings. The molecule has 1 aromatic carbocycles. The first-order valence-corrected chi connectivity index (χ1v) is 6.05. The van der Waals surface area contributed by atoms with Gasteiger partial charge >= 0.3 is 5.82 Å². The summed E-state index contributed by atoms with van der Waals surface area (Å²) in [6.45, 7) is 3.84. The lowest BCUT2D eigenvalue weighted by Gasteiger charge is -2.31. The molecule has 5 heteroatoms. The fraction of sp³-hybridized carbons (Fsp3) is 0.286. The summed E-state index contributed by atoms with van der Waals surface area (Å²) >= 11 is 0. The lowest BCUT2D eigenvalue weighted by Crippen LogP contribution is -2.29. The smallest absolute Gasteiger partial charge is 0.323 e. The highest BCUT2D eigenvalue weighted by atomic mass is 16.6. The van der Waals surface area contributed by atoms with Gasteiger partial charge in [0.15, 0.2) is 0 Å². The first-order valence-electron chi connectivity index (χ1n) is 6.05. The lowest BCUT2D eigenvalue weighted by atomic mass is 9.91. The maximum atomic E-state index is 11.1. The largest absolute Gasteiger partial charge is 0.482 e. The summed E-state index contributed by atoms with van der Waals surface area (Å²) in [5.41, 5.74) is 2.03. The molecule has 3 rings (SSSR count). The molecular formula is C14H14N2O3. The third kappa shape index (κ3) is 1.54. The number of benzene rings is 1. The van der Waals surface area contributed by atoms with E-state index < -0.39 is 5.60 Å². The summed E-state index contributed by atoms with van der Waals surface area (Å²) in [5, 5.41) is 11.1. The molecule has 0 unspecified atom stereocenters. The molecule has 2 heterocycles. The van der Waals surface area contributed by atoms with Gasteiger partial charge in [0, 0.05) is 6.07 Å². The van der Waals surface area contributed by atoms with Crippen LogP contribution in [0.5, 0.6) is 5.75 Å². The molecule has 19 heavy (non-hydrogen) atoms. The molecule has 5 nitrogen and oxygen atoms in total. The van der Waals surface area contributed by atoms with Crippen molar-refractivity contribution in [3.05, 3.63) is 46.0 Å². The Bertz CT molecular complexity index is 686. The van der Waals surface area contributed by atoms with Gasteiger partial charge in [-0.1, -0.05) is 12.1 Å². The summed E-state index contributed by atoms with van der Waals surface area (Å²) in [6.07, 6.45) is 0. The highest BCUT2D eigenvalue weighted by Gasteiger charge is 2.39. The molecular weight excluding hydrogens is 244 g/mol. The number of aromatic nitrogens is 1. The monoisotopic (exact) mass is 258 g/mol. The molecule has 0 atom stereocenters. The van der Waals surface area contributed by atoms with E-state index in [1.165, 1.54) is 0 Å². The number of hydrogen-bond acceptors (Lipinski definition) is 3. The third-order valence-electron chi connectivity index (χ3n) is 3.55. The Labute approximate surface area is 110 Å². The van der Waals surface area contributed by atoms with E-state index in [9.17, 15) is 10.1 Å². The van der Waals surface area contributed by atoms with E-state index in [1.54, 1.807) is 17.7 Å². The highest BCUT2D eigenvalue weighted by Crippen LogP contribution is 2.47. The van der Waals surface area contributed by atoms with Crippen molar-refractivity contribution >= 4 is 5.82 Å². The van der Waals surface area contributed by atoms with Crippen LogP contribution >= 0.6 is 0 Å². The van der Waals surface area contributed by atoms with E-state index in [4.69, 9.17) is 4.74 Å². The van der Waals surface area contributed by atoms with E-state index >= 15 is 0 Å². The first-order chi connectivity index (χ1) is 8.92. The molecule has 0 aliphatic carbocycles. The lowest BCUT2D eigenvalue weighted by molar-refractivity contribution is -0.391. The second kappa shape index (κ2) is 3.60. The Morgan fingerprint density at radius 3 is 2.68 bits per heavy atom. The van der Waals surface area contributed by atoms with Gasteiger partial charge in [-0.05, 0) is 30.9 Å². The number of nitrogens with zero attached hydrogens (tertiary/aromatic N) is 2. The molecule has 98 valence electrons. The van der Waals surface area contributed by atoms with Gasteiger partial charge in [0.25, 0.3) is 0 Å². The zero-order valence-corrected chi connectivity index (χ0v) is 11.0. The van der Waals surface area contributed by atoms with Crippen LogP contribution in [-0.2, 0) is 12.6 Å². The van der Waals surface area contributed by atoms with E-state index in [0.29, 0.717) is 0 Å². The topological polar surface area (TPSA) is 57.3 Å². The van der Waals surface area contributed by atoms with Crippen molar-refractivity contribution in [3.8, 4) is 17.0 Å². The molecule has 1 aliphatic heterocycles. The second-order valence-electron chi connectivity index (χ2n) is 5.19. The number of fused-ring (bicyclic) bond motifs is 3. The van der Waals surface area contributed by atoms with E-state index in [-0.39, 0.29) is 10.7 Å². The zero-order valence-electron chi connectivity index (χ0n) is 11.0. The van der Waals surface area contributed by atoms with Gasteiger partial charge in [-0.25, -0.2) is 4.57 Å². The van der Waals surface area contributed by atoms with Gasteiger partial charge in [-0.3, -0.25) is 0 Å². The van der Waals surface area contributed by atoms with Crippen molar-refractivity contribution < 1.29 is 9.66 Å². The van der Waals surface area contributed by atoms with Crippen molar-refractivity contribution in [1.29, 1.82) is 0 Å². The minimum Gasteiger partial charge on any atom is -0.482 e. The van der Waals surface area contributed by atoms with Crippen molar-refractivity contribution in [3.63, 3.8) is 0 Å². The van der Waals surface area contributed by atoms with Crippen molar-refractivity contribution in [1.82, 2.24) is 4.57 Å². The minimum absolute atomic E-state index is 0.0818. The van der Waals surface area contributed by atoms with E-state index in [2.05, 4.69) is 0 Å². The predicted octanol–water partition coefficient (Wildman–Crippen LogP) is 3.23. The number of rotatable bonds is 1. The fourth-order valence-corrected chi connectivity index (χ4v) is 2.63. The predicted molar refractivity (Wildman–Crippen MR) is 71.2 cm³/mol. The molecule has 0 spiro atoms. The average molecular weight is 258 g/mol. The maximum Gasteiger partial charge on any atom is 0.323 e.